The summed E-state index contributed by atoms with van der Waals surface area (Å²) in [4.78, 5) is 46.6. The zero-order chi connectivity index (χ0) is 32.7. The maximum absolute atomic E-state index is 13.8. The molecule has 11 nitrogen and oxygen atoms in total. The number of aliphatic carboxylic acids is 1. The van der Waals surface area contributed by atoms with Crippen molar-refractivity contribution >= 4 is 28.7 Å². The predicted octanol–water partition coefficient (Wildman–Crippen LogP) is 4.79. The molecule has 6 rings (SSSR count). The third-order valence-electron chi connectivity index (χ3n) is 9.86. The topological polar surface area (TPSA) is 136 Å². The molecule has 0 spiro atoms. The Kier molecular flexibility index (Phi) is 8.52. The first-order valence-electron chi connectivity index (χ1n) is 16.2. The van der Waals surface area contributed by atoms with Gasteiger partial charge >= 0.3 is 5.97 Å². The van der Waals surface area contributed by atoms with Gasteiger partial charge in [0.05, 0.1) is 30.2 Å². The number of aromatic nitrogens is 3. The fourth-order valence-corrected chi connectivity index (χ4v) is 6.95. The molecule has 0 unspecified atom stereocenters. The molecule has 0 radical (unpaired) electrons. The minimum absolute atomic E-state index is 0.116. The van der Waals surface area contributed by atoms with E-state index in [9.17, 15) is 19.5 Å². The molecule has 2 saturated carbocycles. The van der Waals surface area contributed by atoms with Gasteiger partial charge in [0.1, 0.15) is 23.1 Å². The Morgan fingerprint density at radius 2 is 1.91 bits per heavy atom. The lowest BCUT2D eigenvalue weighted by Crippen LogP contribution is -2.49. The molecule has 2 fully saturated rings. The number of carboxylic acids is 1. The summed E-state index contributed by atoms with van der Waals surface area (Å²) >= 11 is 0. The maximum Gasteiger partial charge on any atom is 0.330 e. The molecule has 11 heteroatoms. The number of pyridine rings is 1. The third kappa shape index (κ3) is 5.83. The van der Waals surface area contributed by atoms with E-state index in [-0.39, 0.29) is 24.2 Å². The van der Waals surface area contributed by atoms with Crippen molar-refractivity contribution in [2.75, 3.05) is 20.7 Å². The molecule has 3 heterocycles. The van der Waals surface area contributed by atoms with Crippen LogP contribution in [0, 0.1) is 24.7 Å². The van der Waals surface area contributed by atoms with E-state index in [1.165, 1.54) is 0 Å². The van der Waals surface area contributed by atoms with Crippen molar-refractivity contribution in [2.45, 2.75) is 76.9 Å². The van der Waals surface area contributed by atoms with Gasteiger partial charge in [-0.1, -0.05) is 26.0 Å². The van der Waals surface area contributed by atoms with Crippen LogP contribution in [0.3, 0.4) is 0 Å². The van der Waals surface area contributed by atoms with E-state index in [0.717, 1.165) is 35.9 Å². The molecule has 1 aromatic carbocycles. The summed E-state index contributed by atoms with van der Waals surface area (Å²) in [5.41, 5.74) is 1.16. The van der Waals surface area contributed by atoms with Crippen LogP contribution in [0.1, 0.15) is 69.5 Å². The molecule has 5 atom stereocenters. The van der Waals surface area contributed by atoms with Crippen molar-refractivity contribution < 1.29 is 29.0 Å². The van der Waals surface area contributed by atoms with E-state index in [4.69, 9.17) is 19.6 Å². The predicted molar refractivity (Wildman–Crippen MR) is 172 cm³/mol. The van der Waals surface area contributed by atoms with Crippen molar-refractivity contribution in [3.63, 3.8) is 0 Å². The number of nitrogens with zero attached hydrogens (tertiary/aromatic N) is 4. The minimum Gasteiger partial charge on any atom is -0.496 e. The van der Waals surface area contributed by atoms with Gasteiger partial charge in [-0.2, -0.15) is 5.10 Å². The SMILES string of the molecule is COc1ccc2c(O[C@@H]3C[C@H]4C(=O)N[C@]5(C(=O)O)C[C@H]5C=CCCCCN(C)C(=O)[C@@H]4C3)cc(-n3ccc(C(C)C)n3)nc2c1C. The number of benzene rings is 1. The Morgan fingerprint density at radius 1 is 1.13 bits per heavy atom. The molecule has 1 aliphatic heterocycles. The monoisotopic (exact) mass is 629 g/mol. The molecular weight excluding hydrogens is 586 g/mol. The van der Waals surface area contributed by atoms with Crippen LogP contribution >= 0.6 is 0 Å². The van der Waals surface area contributed by atoms with Crippen molar-refractivity contribution in [3.8, 4) is 17.3 Å². The van der Waals surface area contributed by atoms with E-state index in [2.05, 4.69) is 19.2 Å². The van der Waals surface area contributed by atoms with Gasteiger partial charge in [0.2, 0.25) is 11.8 Å². The molecule has 46 heavy (non-hydrogen) atoms. The lowest BCUT2D eigenvalue weighted by atomic mass is 9.93. The molecule has 2 amide bonds. The smallest absolute Gasteiger partial charge is 0.330 e. The first-order valence-corrected chi connectivity index (χ1v) is 16.2. The molecule has 2 aromatic heterocycles. The number of amides is 2. The number of nitrogens with one attached hydrogen (secondary N) is 1. The number of rotatable bonds is 6. The van der Waals surface area contributed by atoms with Crippen LogP contribution in [0.4, 0.5) is 0 Å². The van der Waals surface area contributed by atoms with Crippen molar-refractivity contribution in [1.82, 2.24) is 25.0 Å². The molecule has 2 N–H and O–H groups in total. The Labute approximate surface area is 268 Å². The summed E-state index contributed by atoms with van der Waals surface area (Å²) in [6.45, 7) is 6.70. The van der Waals surface area contributed by atoms with Gasteiger partial charge in [-0.05, 0) is 69.6 Å². The second-order valence-electron chi connectivity index (χ2n) is 13.3. The highest BCUT2D eigenvalue weighted by Gasteiger charge is 2.61. The molecule has 2 aliphatic carbocycles. The second-order valence-corrected chi connectivity index (χ2v) is 13.3. The largest absolute Gasteiger partial charge is 0.496 e. The Morgan fingerprint density at radius 3 is 2.63 bits per heavy atom. The van der Waals surface area contributed by atoms with Crippen LogP contribution in [0.25, 0.3) is 16.7 Å². The highest BCUT2D eigenvalue weighted by Crippen LogP contribution is 2.47. The van der Waals surface area contributed by atoms with Gasteiger partial charge < -0.3 is 24.8 Å². The van der Waals surface area contributed by atoms with Crippen LogP contribution in [0.5, 0.6) is 11.5 Å². The standard InChI is InChI=1S/C35H43N5O6/c1-20(2)27-13-15-40(38-27)30-18-29(24-11-12-28(45-5)21(3)31(24)36-30)46-23-16-25-26(17-23)33(42)39(4)14-9-7-6-8-10-22-19-35(22,34(43)44)37-32(25)41/h8,10-13,15,18,20,22-23,25-26H,6-7,9,14,16-17,19H2,1-5H3,(H,37,41)(H,43,44)/t22-,23-,25-,26-,35-/m1/s1. The number of methoxy groups -OCH3 is 1. The lowest BCUT2D eigenvalue weighted by molar-refractivity contribution is -0.145. The average molecular weight is 630 g/mol. The van der Waals surface area contributed by atoms with E-state index >= 15 is 0 Å². The first kappa shape index (κ1) is 31.6. The summed E-state index contributed by atoms with van der Waals surface area (Å²) in [6, 6.07) is 7.59. The summed E-state index contributed by atoms with van der Waals surface area (Å²) in [6.07, 6.45) is 8.79. The highest BCUT2D eigenvalue weighted by atomic mass is 16.5. The quantitative estimate of drug-likeness (QED) is 0.372. The highest BCUT2D eigenvalue weighted by molar-refractivity contribution is 5.94. The van der Waals surface area contributed by atoms with Crippen molar-refractivity contribution in [3.05, 3.63) is 53.9 Å². The Hall–Kier alpha value is -4.41. The number of carbonyl (C=O) groups is 3. The summed E-state index contributed by atoms with van der Waals surface area (Å²) in [5.74, 6) is -1.11. The fourth-order valence-electron chi connectivity index (χ4n) is 6.95. The second kappa shape index (κ2) is 12.4. The van der Waals surface area contributed by atoms with Crippen molar-refractivity contribution in [1.29, 1.82) is 0 Å². The number of ether oxygens (including phenoxy) is 2. The maximum atomic E-state index is 13.8. The zero-order valence-corrected chi connectivity index (χ0v) is 27.2. The number of allylic oxidation sites excluding steroid dienone is 1. The molecular formula is C35H43N5O6. The van der Waals surface area contributed by atoms with Gasteiger partial charge in [-0.25, -0.2) is 14.5 Å². The van der Waals surface area contributed by atoms with E-state index in [1.807, 2.05) is 49.5 Å². The van der Waals surface area contributed by atoms with Gasteiger partial charge in [0.15, 0.2) is 5.82 Å². The average Bonchev–Trinajstić information content (AvgIpc) is 3.33. The van der Waals surface area contributed by atoms with Crippen LogP contribution in [-0.2, 0) is 14.4 Å². The number of carboxylic acid groups (broad SMARTS) is 1. The van der Waals surface area contributed by atoms with Crippen LogP contribution in [0.2, 0.25) is 0 Å². The molecule has 3 aliphatic rings. The number of aryl methyl sites for hydroxylation is 1. The third-order valence-corrected chi connectivity index (χ3v) is 9.86. The number of hydrogen-bond acceptors (Lipinski definition) is 7. The number of fused-ring (bicyclic) bond motifs is 3. The normalized spacial score (nSPS) is 26.8. The Balaban J connectivity index is 1.35. The first-order chi connectivity index (χ1) is 22.0. The van der Waals surface area contributed by atoms with Gasteiger partial charge in [-0.15, -0.1) is 0 Å². The van der Waals surface area contributed by atoms with E-state index < -0.39 is 35.4 Å². The number of hydrogen-bond donors (Lipinski definition) is 2. The van der Waals surface area contributed by atoms with Gasteiger partial charge in [0.25, 0.3) is 0 Å². The van der Waals surface area contributed by atoms with Crippen LogP contribution in [-0.4, -0.2) is 74.9 Å². The van der Waals surface area contributed by atoms with Crippen molar-refractivity contribution in [2.24, 2.45) is 17.8 Å². The van der Waals surface area contributed by atoms with Gasteiger partial charge in [0, 0.05) is 42.7 Å². The minimum atomic E-state index is -1.33. The molecule has 244 valence electrons. The molecule has 3 aromatic rings. The zero-order valence-electron chi connectivity index (χ0n) is 27.2. The van der Waals surface area contributed by atoms with E-state index in [1.54, 1.807) is 23.7 Å². The van der Waals surface area contributed by atoms with E-state index in [0.29, 0.717) is 42.2 Å². The molecule has 0 saturated heterocycles. The van der Waals surface area contributed by atoms with Crippen LogP contribution < -0.4 is 14.8 Å². The fraction of sp³-hybridized carbons (Fsp3) is 0.514. The Bertz CT molecular complexity index is 1700. The summed E-state index contributed by atoms with van der Waals surface area (Å²) in [7, 11) is 3.39. The van der Waals surface area contributed by atoms with Crippen LogP contribution in [0.15, 0.2) is 42.6 Å². The molecule has 0 bridgehead atoms. The lowest BCUT2D eigenvalue weighted by Gasteiger charge is -2.26. The number of carbonyl (C=O) groups excluding carboxylic acids is 2. The summed E-state index contributed by atoms with van der Waals surface area (Å²) in [5, 5.41) is 18.4. The van der Waals surface area contributed by atoms with Gasteiger partial charge in [-0.3, -0.25) is 9.59 Å². The summed E-state index contributed by atoms with van der Waals surface area (Å²) < 4.78 is 14.0.